The Balaban J connectivity index is 1.70. The first kappa shape index (κ1) is 17.3. The zero-order valence-electron chi connectivity index (χ0n) is 14.6. The molecule has 1 aliphatic rings. The van der Waals surface area contributed by atoms with E-state index in [0.29, 0.717) is 47.9 Å². The van der Waals surface area contributed by atoms with Crippen LogP contribution in [0, 0.1) is 5.82 Å². The maximum absolute atomic E-state index is 13.7. The SMILES string of the molecule is O=c1[nH]c2c(Cl)nc(-n3cnc4ccc(F)cc43)nc2n1C1CCC(O)CC1. The van der Waals surface area contributed by atoms with Gasteiger partial charge < -0.3 is 10.1 Å². The molecule has 0 spiro atoms. The fraction of sp³-hybridized carbons (Fsp3) is 0.333. The van der Waals surface area contributed by atoms with E-state index in [2.05, 4.69) is 19.9 Å². The number of nitrogens with one attached hydrogen (secondary N) is 1. The van der Waals surface area contributed by atoms with E-state index in [9.17, 15) is 14.3 Å². The smallest absolute Gasteiger partial charge is 0.328 e. The first-order valence-electron chi connectivity index (χ1n) is 9.00. The van der Waals surface area contributed by atoms with Crippen LogP contribution in [0.1, 0.15) is 31.7 Å². The Bertz CT molecular complexity index is 1250. The van der Waals surface area contributed by atoms with Gasteiger partial charge in [0.05, 0.1) is 17.1 Å². The number of aliphatic hydroxyl groups excluding tert-OH is 1. The molecule has 0 aliphatic heterocycles. The highest BCUT2D eigenvalue weighted by atomic mass is 35.5. The topological polar surface area (TPSA) is 102 Å². The fourth-order valence-corrected chi connectivity index (χ4v) is 4.07. The molecule has 0 saturated heterocycles. The van der Waals surface area contributed by atoms with Crippen molar-refractivity contribution in [2.24, 2.45) is 0 Å². The number of nitrogens with zero attached hydrogens (tertiary/aromatic N) is 5. The number of H-pyrrole nitrogens is 1. The van der Waals surface area contributed by atoms with Crippen molar-refractivity contribution in [2.45, 2.75) is 37.8 Å². The number of aromatic nitrogens is 6. The average Bonchev–Trinajstić information content (AvgIpc) is 3.23. The van der Waals surface area contributed by atoms with Crippen molar-refractivity contribution in [3.8, 4) is 5.95 Å². The van der Waals surface area contributed by atoms with Gasteiger partial charge in [0.15, 0.2) is 10.8 Å². The van der Waals surface area contributed by atoms with Crippen LogP contribution < -0.4 is 5.69 Å². The van der Waals surface area contributed by atoms with Crippen LogP contribution in [0.25, 0.3) is 28.1 Å². The van der Waals surface area contributed by atoms with Crippen molar-refractivity contribution in [2.75, 3.05) is 0 Å². The molecule has 0 unspecified atom stereocenters. The fourth-order valence-electron chi connectivity index (χ4n) is 3.86. The van der Waals surface area contributed by atoms with Gasteiger partial charge in [-0.2, -0.15) is 9.97 Å². The molecule has 0 bridgehead atoms. The van der Waals surface area contributed by atoms with Gasteiger partial charge in [-0.25, -0.2) is 14.2 Å². The molecule has 3 heterocycles. The van der Waals surface area contributed by atoms with Crippen LogP contribution >= 0.6 is 11.6 Å². The Labute approximate surface area is 162 Å². The summed E-state index contributed by atoms with van der Waals surface area (Å²) in [4.78, 5) is 28.4. The van der Waals surface area contributed by atoms with Crippen molar-refractivity contribution in [3.63, 3.8) is 0 Å². The number of imidazole rings is 2. The van der Waals surface area contributed by atoms with E-state index in [1.807, 2.05) is 0 Å². The summed E-state index contributed by atoms with van der Waals surface area (Å²) in [5, 5.41) is 9.86. The molecule has 1 fully saturated rings. The molecule has 1 saturated carbocycles. The van der Waals surface area contributed by atoms with Gasteiger partial charge in [0.25, 0.3) is 0 Å². The van der Waals surface area contributed by atoms with Gasteiger partial charge in [-0.1, -0.05) is 11.6 Å². The maximum Gasteiger partial charge on any atom is 0.328 e. The standard InChI is InChI=1S/C18H16ClFN6O2/c19-15-14-16(26(18(28)22-14)10-2-4-11(27)5-3-10)24-17(23-15)25-8-21-12-6-1-9(20)7-13(12)25/h1,6-8,10-11,27H,2-5H2,(H,22,28). The molecule has 0 atom stereocenters. The molecular weight excluding hydrogens is 387 g/mol. The van der Waals surface area contributed by atoms with E-state index in [-0.39, 0.29) is 28.9 Å². The molecule has 0 radical (unpaired) electrons. The summed E-state index contributed by atoms with van der Waals surface area (Å²) < 4.78 is 16.8. The Hall–Kier alpha value is -2.78. The second-order valence-electron chi connectivity index (χ2n) is 7.02. The molecule has 3 aromatic heterocycles. The molecule has 28 heavy (non-hydrogen) atoms. The number of halogens is 2. The molecule has 8 nitrogen and oxygen atoms in total. The van der Waals surface area contributed by atoms with Gasteiger partial charge in [-0.05, 0) is 37.8 Å². The number of benzene rings is 1. The Morgan fingerprint density at radius 3 is 2.79 bits per heavy atom. The normalized spacial score (nSPS) is 20.2. The first-order valence-corrected chi connectivity index (χ1v) is 9.38. The lowest BCUT2D eigenvalue weighted by atomic mass is 9.93. The lowest BCUT2D eigenvalue weighted by molar-refractivity contribution is 0.111. The van der Waals surface area contributed by atoms with E-state index < -0.39 is 5.82 Å². The highest BCUT2D eigenvalue weighted by Gasteiger charge is 2.26. The third kappa shape index (κ3) is 2.70. The molecule has 10 heteroatoms. The Morgan fingerprint density at radius 2 is 2.00 bits per heavy atom. The predicted octanol–water partition coefficient (Wildman–Crippen LogP) is 2.73. The minimum atomic E-state index is -0.402. The van der Waals surface area contributed by atoms with E-state index in [4.69, 9.17) is 11.6 Å². The van der Waals surface area contributed by atoms with Crippen LogP contribution in [0.4, 0.5) is 4.39 Å². The second kappa shape index (κ2) is 6.39. The summed E-state index contributed by atoms with van der Waals surface area (Å²) in [5.74, 6) is -0.199. The van der Waals surface area contributed by atoms with Crippen LogP contribution in [0.15, 0.2) is 29.3 Å². The van der Waals surface area contributed by atoms with Gasteiger partial charge in [0.1, 0.15) is 17.7 Å². The molecular formula is C18H16ClFN6O2. The predicted molar refractivity (Wildman–Crippen MR) is 101 cm³/mol. The van der Waals surface area contributed by atoms with Gasteiger partial charge >= 0.3 is 5.69 Å². The molecule has 0 amide bonds. The summed E-state index contributed by atoms with van der Waals surface area (Å²) in [6.45, 7) is 0. The molecule has 1 aromatic carbocycles. The summed E-state index contributed by atoms with van der Waals surface area (Å²) in [6, 6.07) is 4.16. The number of aliphatic hydroxyl groups is 1. The van der Waals surface area contributed by atoms with Crippen molar-refractivity contribution >= 4 is 33.8 Å². The van der Waals surface area contributed by atoms with Gasteiger partial charge in [-0.3, -0.25) is 9.13 Å². The molecule has 1 aliphatic carbocycles. The average molecular weight is 403 g/mol. The van der Waals surface area contributed by atoms with E-state index >= 15 is 0 Å². The number of aromatic amines is 1. The highest BCUT2D eigenvalue weighted by Crippen LogP contribution is 2.31. The van der Waals surface area contributed by atoms with Crippen LogP contribution in [-0.2, 0) is 0 Å². The highest BCUT2D eigenvalue weighted by molar-refractivity contribution is 6.33. The number of hydrogen-bond acceptors (Lipinski definition) is 5. The first-order chi connectivity index (χ1) is 13.5. The molecule has 5 rings (SSSR count). The number of rotatable bonds is 2. The summed E-state index contributed by atoms with van der Waals surface area (Å²) in [6.07, 6.45) is 3.75. The summed E-state index contributed by atoms with van der Waals surface area (Å²) >= 11 is 6.33. The second-order valence-corrected chi connectivity index (χ2v) is 7.38. The van der Waals surface area contributed by atoms with Gasteiger partial charge in [0.2, 0.25) is 5.95 Å². The lowest BCUT2D eigenvalue weighted by Crippen LogP contribution is -2.28. The van der Waals surface area contributed by atoms with Gasteiger partial charge in [-0.15, -0.1) is 0 Å². The zero-order chi connectivity index (χ0) is 19.4. The minimum absolute atomic E-state index is 0.0829. The molecule has 4 aromatic rings. The van der Waals surface area contributed by atoms with Crippen LogP contribution in [0.5, 0.6) is 0 Å². The molecule has 2 N–H and O–H groups in total. The summed E-state index contributed by atoms with van der Waals surface area (Å²) in [7, 11) is 0. The van der Waals surface area contributed by atoms with Crippen molar-refractivity contribution < 1.29 is 9.50 Å². The van der Waals surface area contributed by atoms with E-state index in [1.54, 1.807) is 10.6 Å². The van der Waals surface area contributed by atoms with Crippen molar-refractivity contribution in [1.82, 2.24) is 29.1 Å². The third-order valence-corrected chi connectivity index (χ3v) is 5.54. The zero-order valence-corrected chi connectivity index (χ0v) is 15.4. The van der Waals surface area contributed by atoms with Crippen LogP contribution in [-0.4, -0.2) is 40.3 Å². The monoisotopic (exact) mass is 402 g/mol. The quantitative estimate of drug-likeness (QED) is 0.502. The maximum atomic E-state index is 13.7. The largest absolute Gasteiger partial charge is 0.393 e. The van der Waals surface area contributed by atoms with Crippen LogP contribution in [0.2, 0.25) is 5.15 Å². The Kier molecular flexibility index (Phi) is 3.95. The number of hydrogen-bond donors (Lipinski definition) is 2. The minimum Gasteiger partial charge on any atom is -0.393 e. The number of fused-ring (bicyclic) bond motifs is 2. The summed E-state index contributed by atoms with van der Waals surface area (Å²) in [5.41, 5.74) is 1.53. The van der Waals surface area contributed by atoms with E-state index in [0.717, 1.165) is 0 Å². The van der Waals surface area contributed by atoms with E-state index in [1.165, 1.54) is 23.0 Å². The van der Waals surface area contributed by atoms with Crippen LogP contribution in [0.3, 0.4) is 0 Å². The van der Waals surface area contributed by atoms with Crippen molar-refractivity contribution in [1.29, 1.82) is 0 Å². The lowest BCUT2D eigenvalue weighted by Gasteiger charge is -2.26. The van der Waals surface area contributed by atoms with Gasteiger partial charge in [0, 0.05) is 12.1 Å². The Morgan fingerprint density at radius 1 is 1.21 bits per heavy atom. The van der Waals surface area contributed by atoms with Crippen molar-refractivity contribution in [3.05, 3.63) is 46.0 Å². The third-order valence-electron chi connectivity index (χ3n) is 5.27. The molecule has 144 valence electrons.